The Balaban J connectivity index is 2.17. The Morgan fingerprint density at radius 1 is 1.48 bits per heavy atom. The lowest BCUT2D eigenvalue weighted by Gasteiger charge is -2.36. The fraction of sp³-hybridized carbons (Fsp3) is 0.375. The molecule has 1 aromatic rings. The van der Waals surface area contributed by atoms with Gasteiger partial charge in [-0.15, -0.1) is 0 Å². The summed E-state index contributed by atoms with van der Waals surface area (Å²) in [6.07, 6.45) is 2.84. The normalized spacial score (nSPS) is 24.8. The molecule has 5 heteroatoms. The highest BCUT2D eigenvalue weighted by atomic mass is 32.2. The molecular formula is C16H16N2O2S. The highest BCUT2D eigenvalue weighted by Crippen LogP contribution is 2.52. The van der Waals surface area contributed by atoms with Gasteiger partial charge in [-0.2, -0.15) is 5.26 Å². The lowest BCUT2D eigenvalue weighted by Crippen LogP contribution is -2.30. The van der Waals surface area contributed by atoms with Crippen LogP contribution in [0.25, 0.3) is 0 Å². The maximum atomic E-state index is 12.6. The highest BCUT2D eigenvalue weighted by molar-refractivity contribution is 8.06. The third-order valence-electron chi connectivity index (χ3n) is 3.90. The van der Waals surface area contributed by atoms with Gasteiger partial charge in [0.15, 0.2) is 5.78 Å². The average molecular weight is 300 g/mol. The van der Waals surface area contributed by atoms with Crippen molar-refractivity contribution in [2.45, 2.75) is 32.6 Å². The topological polar surface area (TPSA) is 80.0 Å². The molecular weight excluding hydrogens is 284 g/mol. The van der Waals surface area contributed by atoms with Crippen molar-refractivity contribution in [1.29, 1.82) is 5.26 Å². The van der Waals surface area contributed by atoms with E-state index in [1.165, 1.54) is 11.8 Å². The second kappa shape index (κ2) is 4.81. The van der Waals surface area contributed by atoms with E-state index in [-0.39, 0.29) is 11.2 Å². The summed E-state index contributed by atoms with van der Waals surface area (Å²) in [4.78, 5) is 13.6. The summed E-state index contributed by atoms with van der Waals surface area (Å²) in [6, 6.07) is 5.71. The number of ketones is 1. The zero-order valence-corrected chi connectivity index (χ0v) is 12.8. The van der Waals surface area contributed by atoms with Gasteiger partial charge >= 0.3 is 0 Å². The van der Waals surface area contributed by atoms with Crippen LogP contribution < -0.4 is 5.73 Å². The quantitative estimate of drug-likeness (QED) is 0.859. The predicted octanol–water partition coefficient (Wildman–Crippen LogP) is 3.45. The number of Topliss-reactive ketones (excluding diaryl/α,β-unsaturated/α-hetero) is 1. The Bertz CT molecular complexity index is 705. The lowest BCUT2D eigenvalue weighted by molar-refractivity contribution is -0.118. The second-order valence-electron chi connectivity index (χ2n) is 6.22. The summed E-state index contributed by atoms with van der Waals surface area (Å²) in [5.74, 6) is 0.246. The van der Waals surface area contributed by atoms with Crippen LogP contribution in [-0.4, -0.2) is 5.78 Å². The van der Waals surface area contributed by atoms with E-state index in [9.17, 15) is 10.1 Å². The SMILES string of the molecule is CC1(C)CC(=O)C2=C(C1)SC(N)=C(C#N)C2c1ccco1. The first kappa shape index (κ1) is 14.0. The Labute approximate surface area is 127 Å². The van der Waals surface area contributed by atoms with Crippen molar-refractivity contribution in [2.75, 3.05) is 0 Å². The molecule has 0 aromatic carbocycles. The summed E-state index contributed by atoms with van der Waals surface area (Å²) in [5.41, 5.74) is 7.10. The molecule has 2 N–H and O–H groups in total. The molecule has 1 aromatic heterocycles. The monoisotopic (exact) mass is 300 g/mol. The van der Waals surface area contributed by atoms with Crippen molar-refractivity contribution >= 4 is 17.5 Å². The van der Waals surface area contributed by atoms with Gasteiger partial charge in [0.2, 0.25) is 0 Å². The summed E-state index contributed by atoms with van der Waals surface area (Å²) in [6.45, 7) is 4.16. The number of thioether (sulfide) groups is 1. The van der Waals surface area contributed by atoms with Crippen LogP contribution in [0.4, 0.5) is 0 Å². The molecule has 0 amide bonds. The Hall–Kier alpha value is -1.93. The van der Waals surface area contributed by atoms with Crippen molar-refractivity contribution in [3.63, 3.8) is 0 Å². The van der Waals surface area contributed by atoms with E-state index in [0.29, 0.717) is 28.4 Å². The van der Waals surface area contributed by atoms with E-state index in [4.69, 9.17) is 10.2 Å². The molecule has 0 fully saturated rings. The van der Waals surface area contributed by atoms with E-state index >= 15 is 0 Å². The van der Waals surface area contributed by atoms with Crippen molar-refractivity contribution in [3.8, 4) is 6.07 Å². The Morgan fingerprint density at radius 2 is 2.24 bits per heavy atom. The summed E-state index contributed by atoms with van der Waals surface area (Å²) in [7, 11) is 0. The van der Waals surface area contributed by atoms with Gasteiger partial charge in [-0.1, -0.05) is 25.6 Å². The van der Waals surface area contributed by atoms with E-state index < -0.39 is 5.92 Å². The smallest absolute Gasteiger partial charge is 0.161 e. The first-order valence-electron chi connectivity index (χ1n) is 6.80. The predicted molar refractivity (Wildman–Crippen MR) is 80.9 cm³/mol. The van der Waals surface area contributed by atoms with Gasteiger partial charge in [0.25, 0.3) is 0 Å². The highest BCUT2D eigenvalue weighted by Gasteiger charge is 2.42. The number of furan rings is 1. The fourth-order valence-corrected chi connectivity index (χ4v) is 4.37. The third-order valence-corrected chi connectivity index (χ3v) is 4.95. The molecule has 0 saturated heterocycles. The average Bonchev–Trinajstić information content (AvgIpc) is 2.88. The van der Waals surface area contributed by atoms with Crippen LogP contribution in [0.2, 0.25) is 0 Å². The zero-order chi connectivity index (χ0) is 15.2. The van der Waals surface area contributed by atoms with Gasteiger partial charge in [-0.05, 0) is 28.9 Å². The van der Waals surface area contributed by atoms with Crippen molar-refractivity contribution < 1.29 is 9.21 Å². The van der Waals surface area contributed by atoms with E-state index in [2.05, 4.69) is 19.9 Å². The summed E-state index contributed by atoms with van der Waals surface area (Å²) in [5, 5.41) is 9.91. The number of hydrogen-bond acceptors (Lipinski definition) is 5. The Morgan fingerprint density at radius 3 is 2.86 bits per heavy atom. The largest absolute Gasteiger partial charge is 0.468 e. The van der Waals surface area contributed by atoms with Gasteiger partial charge in [-0.25, -0.2) is 0 Å². The molecule has 0 bridgehead atoms. The lowest BCUT2D eigenvalue weighted by atomic mass is 9.72. The molecule has 1 aliphatic heterocycles. The standard InChI is InChI=1S/C16H16N2O2S/c1-16(2)6-10(19)14-12(7-16)21-15(18)9(8-17)13(14)11-4-3-5-20-11/h3-5,13H,6-7,18H2,1-2H3. The van der Waals surface area contributed by atoms with Gasteiger partial charge in [0.1, 0.15) is 5.76 Å². The number of nitrogens with two attached hydrogens (primary N) is 1. The molecule has 0 saturated carbocycles. The summed E-state index contributed by atoms with van der Waals surface area (Å²) >= 11 is 1.36. The number of allylic oxidation sites excluding steroid dienone is 3. The summed E-state index contributed by atoms with van der Waals surface area (Å²) < 4.78 is 5.47. The second-order valence-corrected chi connectivity index (χ2v) is 7.35. The maximum Gasteiger partial charge on any atom is 0.161 e. The van der Waals surface area contributed by atoms with Crippen LogP contribution in [0.1, 0.15) is 38.4 Å². The van der Waals surface area contributed by atoms with Crippen molar-refractivity contribution in [2.24, 2.45) is 11.1 Å². The number of carbonyl (C=O) groups is 1. The number of rotatable bonds is 1. The Kier molecular flexibility index (Phi) is 3.22. The van der Waals surface area contributed by atoms with Crippen LogP contribution in [0.15, 0.2) is 43.9 Å². The van der Waals surface area contributed by atoms with Crippen LogP contribution in [0, 0.1) is 16.7 Å². The molecule has 3 rings (SSSR count). The fourth-order valence-electron chi connectivity index (χ4n) is 3.02. The van der Waals surface area contributed by atoms with Crippen LogP contribution in [0.3, 0.4) is 0 Å². The minimum absolute atomic E-state index is 0.0684. The number of nitriles is 1. The first-order valence-corrected chi connectivity index (χ1v) is 7.62. The van der Waals surface area contributed by atoms with Crippen molar-refractivity contribution in [3.05, 3.63) is 45.2 Å². The van der Waals surface area contributed by atoms with Crippen LogP contribution in [0.5, 0.6) is 0 Å². The first-order chi connectivity index (χ1) is 9.93. The van der Waals surface area contributed by atoms with Crippen LogP contribution >= 0.6 is 11.8 Å². The van der Waals surface area contributed by atoms with Gasteiger partial charge in [0, 0.05) is 12.0 Å². The number of carbonyl (C=O) groups excluding carboxylic acids is 1. The molecule has 1 aliphatic carbocycles. The van der Waals surface area contributed by atoms with Crippen molar-refractivity contribution in [1.82, 2.24) is 0 Å². The molecule has 108 valence electrons. The molecule has 2 heterocycles. The minimum atomic E-state index is -0.454. The third kappa shape index (κ3) is 2.30. The zero-order valence-electron chi connectivity index (χ0n) is 12.0. The number of hydrogen-bond donors (Lipinski definition) is 1. The van der Waals surface area contributed by atoms with E-state index in [1.807, 2.05) is 0 Å². The van der Waals surface area contributed by atoms with E-state index in [1.54, 1.807) is 18.4 Å². The molecule has 1 unspecified atom stereocenters. The molecule has 0 spiro atoms. The molecule has 2 aliphatic rings. The maximum absolute atomic E-state index is 12.6. The molecule has 1 atom stereocenters. The molecule has 4 nitrogen and oxygen atoms in total. The number of nitrogens with zero attached hydrogens (tertiary/aromatic N) is 1. The molecule has 21 heavy (non-hydrogen) atoms. The van der Waals surface area contributed by atoms with E-state index in [0.717, 1.165) is 11.3 Å². The van der Waals surface area contributed by atoms with Gasteiger partial charge in [-0.3, -0.25) is 4.79 Å². The van der Waals surface area contributed by atoms with Gasteiger partial charge in [0.05, 0.1) is 28.9 Å². The van der Waals surface area contributed by atoms with Gasteiger partial charge < -0.3 is 10.2 Å². The minimum Gasteiger partial charge on any atom is -0.468 e. The molecule has 0 radical (unpaired) electrons. The van der Waals surface area contributed by atoms with Crippen LogP contribution in [-0.2, 0) is 4.79 Å².